The summed E-state index contributed by atoms with van der Waals surface area (Å²) >= 11 is 0. The van der Waals surface area contributed by atoms with Crippen LogP contribution in [0, 0.1) is 5.92 Å². The van der Waals surface area contributed by atoms with Crippen LogP contribution in [0.15, 0.2) is 18.3 Å². The van der Waals surface area contributed by atoms with E-state index in [-0.39, 0.29) is 5.91 Å². The van der Waals surface area contributed by atoms with Gasteiger partial charge in [0.25, 0.3) is 0 Å². The molecule has 0 bridgehead atoms. The van der Waals surface area contributed by atoms with Crippen molar-refractivity contribution in [1.29, 1.82) is 0 Å². The average molecular weight is 315 g/mol. The molecule has 1 amide bonds. The first-order chi connectivity index (χ1) is 11.3. The molecule has 2 aliphatic rings. The number of rotatable bonds is 5. The van der Waals surface area contributed by atoms with E-state index in [4.69, 9.17) is 0 Å². The monoisotopic (exact) mass is 315 g/mol. The Balaban J connectivity index is 1.44. The third kappa shape index (κ3) is 4.95. The van der Waals surface area contributed by atoms with Crippen LogP contribution in [0.2, 0.25) is 0 Å². The second-order valence-corrected chi connectivity index (χ2v) is 7.04. The molecule has 1 aliphatic heterocycles. The molecule has 4 nitrogen and oxygen atoms in total. The van der Waals surface area contributed by atoms with E-state index in [1.54, 1.807) is 6.20 Å². The van der Waals surface area contributed by atoms with E-state index >= 15 is 0 Å². The molecule has 1 aromatic heterocycles. The number of nitrogens with zero attached hydrogens (tertiary/aromatic N) is 2. The molecular formula is C19H29N3O. The molecule has 1 aliphatic carbocycles. The van der Waals surface area contributed by atoms with Gasteiger partial charge in [0, 0.05) is 19.5 Å². The van der Waals surface area contributed by atoms with Gasteiger partial charge in [-0.25, -0.2) is 4.98 Å². The lowest BCUT2D eigenvalue weighted by Gasteiger charge is -2.27. The maximum atomic E-state index is 12.1. The molecule has 0 spiro atoms. The van der Waals surface area contributed by atoms with E-state index in [0.717, 1.165) is 36.9 Å². The van der Waals surface area contributed by atoms with Crippen LogP contribution in [0.4, 0.5) is 11.5 Å². The molecule has 4 heteroatoms. The number of carbonyl (C=O) groups is 1. The molecule has 2 fully saturated rings. The first-order valence-corrected chi connectivity index (χ1v) is 9.32. The molecule has 1 aromatic rings. The molecule has 2 heterocycles. The Bertz CT molecular complexity index is 488. The van der Waals surface area contributed by atoms with Gasteiger partial charge in [0.15, 0.2) is 0 Å². The first kappa shape index (κ1) is 16.3. The van der Waals surface area contributed by atoms with Crippen molar-refractivity contribution in [1.82, 2.24) is 4.98 Å². The van der Waals surface area contributed by atoms with Crippen LogP contribution < -0.4 is 10.2 Å². The minimum atomic E-state index is 0.128. The predicted molar refractivity (Wildman–Crippen MR) is 94.7 cm³/mol. The normalized spacial score (nSPS) is 19.6. The molecule has 126 valence electrons. The van der Waals surface area contributed by atoms with Gasteiger partial charge in [0.1, 0.15) is 5.82 Å². The molecule has 0 atom stereocenters. The van der Waals surface area contributed by atoms with Gasteiger partial charge >= 0.3 is 0 Å². The number of pyridine rings is 1. The second kappa shape index (κ2) is 8.32. The summed E-state index contributed by atoms with van der Waals surface area (Å²) in [5.41, 5.74) is 0.819. The molecule has 1 saturated heterocycles. The predicted octanol–water partition coefficient (Wildman–Crippen LogP) is 4.37. The van der Waals surface area contributed by atoms with Crippen LogP contribution in [-0.2, 0) is 4.79 Å². The van der Waals surface area contributed by atoms with E-state index in [0.29, 0.717) is 6.42 Å². The third-order valence-electron chi connectivity index (χ3n) is 5.22. The van der Waals surface area contributed by atoms with Crippen molar-refractivity contribution in [3.63, 3.8) is 0 Å². The Labute approximate surface area is 139 Å². The zero-order valence-corrected chi connectivity index (χ0v) is 14.1. The van der Waals surface area contributed by atoms with Crippen LogP contribution in [0.3, 0.4) is 0 Å². The second-order valence-electron chi connectivity index (χ2n) is 7.04. The summed E-state index contributed by atoms with van der Waals surface area (Å²) in [6, 6.07) is 4.01. The molecule has 1 N–H and O–H groups in total. The summed E-state index contributed by atoms with van der Waals surface area (Å²) in [6.07, 6.45) is 14.0. The minimum absolute atomic E-state index is 0.128. The standard InChI is InChI=1S/C19H29N3O/c23-19(12-9-16-7-3-1-4-8-16)21-17-10-11-18(20-15-17)22-13-5-2-6-14-22/h10-11,15-16H,1-9,12-14H2,(H,21,23). The highest BCUT2D eigenvalue weighted by molar-refractivity contribution is 5.90. The van der Waals surface area contributed by atoms with Gasteiger partial charge in [0.05, 0.1) is 11.9 Å². The zero-order chi connectivity index (χ0) is 15.9. The summed E-state index contributed by atoms with van der Waals surface area (Å²) < 4.78 is 0. The van der Waals surface area contributed by atoms with Crippen LogP contribution in [0.5, 0.6) is 0 Å². The van der Waals surface area contributed by atoms with Crippen molar-refractivity contribution in [2.45, 2.75) is 64.2 Å². The Morgan fingerprint density at radius 3 is 2.52 bits per heavy atom. The zero-order valence-electron chi connectivity index (χ0n) is 14.1. The van der Waals surface area contributed by atoms with Gasteiger partial charge in [-0.1, -0.05) is 32.1 Å². The highest BCUT2D eigenvalue weighted by Crippen LogP contribution is 2.27. The molecular weight excluding hydrogens is 286 g/mol. The van der Waals surface area contributed by atoms with Crippen molar-refractivity contribution >= 4 is 17.4 Å². The number of nitrogens with one attached hydrogen (secondary N) is 1. The fourth-order valence-electron chi connectivity index (χ4n) is 3.80. The molecule has 3 rings (SSSR count). The quantitative estimate of drug-likeness (QED) is 0.877. The van der Waals surface area contributed by atoms with Crippen molar-refractivity contribution in [3.05, 3.63) is 18.3 Å². The SMILES string of the molecule is O=C(CCC1CCCCC1)Nc1ccc(N2CCCCC2)nc1. The van der Waals surface area contributed by atoms with Crippen molar-refractivity contribution in [2.75, 3.05) is 23.3 Å². The smallest absolute Gasteiger partial charge is 0.224 e. The number of anilines is 2. The molecule has 23 heavy (non-hydrogen) atoms. The molecule has 0 radical (unpaired) electrons. The highest BCUT2D eigenvalue weighted by atomic mass is 16.1. The van der Waals surface area contributed by atoms with Crippen LogP contribution in [0.25, 0.3) is 0 Å². The number of carbonyl (C=O) groups excluding carboxylic acids is 1. The van der Waals surface area contributed by atoms with E-state index < -0.39 is 0 Å². The maximum absolute atomic E-state index is 12.1. The van der Waals surface area contributed by atoms with Gasteiger partial charge in [0.2, 0.25) is 5.91 Å². The lowest BCUT2D eigenvalue weighted by molar-refractivity contribution is -0.116. The summed E-state index contributed by atoms with van der Waals surface area (Å²) in [5, 5.41) is 2.99. The largest absolute Gasteiger partial charge is 0.357 e. The molecule has 0 unspecified atom stereocenters. The van der Waals surface area contributed by atoms with Crippen molar-refractivity contribution in [2.24, 2.45) is 5.92 Å². The number of hydrogen-bond acceptors (Lipinski definition) is 3. The van der Waals surface area contributed by atoms with Gasteiger partial charge in [-0.15, -0.1) is 0 Å². The summed E-state index contributed by atoms with van der Waals surface area (Å²) in [7, 11) is 0. The maximum Gasteiger partial charge on any atom is 0.224 e. The van der Waals surface area contributed by atoms with Gasteiger partial charge in [-0.3, -0.25) is 4.79 Å². The van der Waals surface area contributed by atoms with Crippen LogP contribution >= 0.6 is 0 Å². The number of amides is 1. The molecule has 1 saturated carbocycles. The minimum Gasteiger partial charge on any atom is -0.357 e. The van der Waals surface area contributed by atoms with Crippen LogP contribution in [-0.4, -0.2) is 24.0 Å². The van der Waals surface area contributed by atoms with E-state index in [2.05, 4.69) is 15.2 Å². The lowest BCUT2D eigenvalue weighted by Crippen LogP contribution is -2.30. The number of piperidine rings is 1. The third-order valence-corrected chi connectivity index (χ3v) is 5.22. The molecule has 0 aromatic carbocycles. The van der Waals surface area contributed by atoms with E-state index in [1.807, 2.05) is 12.1 Å². The lowest BCUT2D eigenvalue weighted by atomic mass is 9.86. The van der Waals surface area contributed by atoms with Crippen molar-refractivity contribution < 1.29 is 4.79 Å². The fourth-order valence-corrected chi connectivity index (χ4v) is 3.80. The summed E-state index contributed by atoms with van der Waals surface area (Å²) in [6.45, 7) is 2.19. The Kier molecular flexibility index (Phi) is 5.89. The van der Waals surface area contributed by atoms with E-state index in [9.17, 15) is 4.79 Å². The first-order valence-electron chi connectivity index (χ1n) is 9.32. The van der Waals surface area contributed by atoms with Crippen molar-refractivity contribution in [3.8, 4) is 0 Å². The fraction of sp³-hybridized carbons (Fsp3) is 0.684. The summed E-state index contributed by atoms with van der Waals surface area (Å²) in [4.78, 5) is 18.9. The van der Waals surface area contributed by atoms with Gasteiger partial charge < -0.3 is 10.2 Å². The Hall–Kier alpha value is -1.58. The average Bonchev–Trinajstić information content (AvgIpc) is 2.62. The Morgan fingerprint density at radius 1 is 1.09 bits per heavy atom. The van der Waals surface area contributed by atoms with Gasteiger partial charge in [-0.2, -0.15) is 0 Å². The topological polar surface area (TPSA) is 45.2 Å². The number of aromatic nitrogens is 1. The number of hydrogen-bond donors (Lipinski definition) is 1. The van der Waals surface area contributed by atoms with Crippen LogP contribution in [0.1, 0.15) is 64.2 Å². The highest BCUT2D eigenvalue weighted by Gasteiger charge is 2.15. The summed E-state index contributed by atoms with van der Waals surface area (Å²) in [5.74, 6) is 1.92. The van der Waals surface area contributed by atoms with E-state index in [1.165, 1.54) is 51.4 Å². The Morgan fingerprint density at radius 2 is 1.83 bits per heavy atom. The van der Waals surface area contributed by atoms with Gasteiger partial charge in [-0.05, 0) is 43.7 Å².